The Bertz CT molecular complexity index is 788. The zero-order valence-corrected chi connectivity index (χ0v) is 16.2. The Kier molecular flexibility index (Phi) is 5.02. The number of ether oxygens (including phenoxy) is 1. The lowest BCUT2D eigenvalue weighted by Gasteiger charge is -2.43. The molecule has 0 radical (unpaired) electrons. The maximum Gasteiger partial charge on any atom is 0.327 e. The summed E-state index contributed by atoms with van der Waals surface area (Å²) in [6, 6.07) is 2.94. The lowest BCUT2D eigenvalue weighted by molar-refractivity contribution is -0.161. The highest BCUT2D eigenvalue weighted by molar-refractivity contribution is 8.01. The summed E-state index contributed by atoms with van der Waals surface area (Å²) in [5.41, 5.74) is 0. The van der Waals surface area contributed by atoms with E-state index in [1.54, 1.807) is 26.0 Å². The van der Waals surface area contributed by atoms with E-state index in [0.717, 1.165) is 0 Å². The number of thioether (sulfide) groups is 1. The quantitative estimate of drug-likeness (QED) is 0.709. The van der Waals surface area contributed by atoms with Crippen LogP contribution < -0.4 is 10.1 Å². The Labute approximate surface area is 164 Å². The molecule has 2 N–H and O–H groups in total. The van der Waals surface area contributed by atoms with E-state index < -0.39 is 40.0 Å². The number of fused-ring (bicyclic) bond motifs is 1. The third-order valence-corrected chi connectivity index (χ3v) is 6.56. The number of benzene rings is 1. The van der Waals surface area contributed by atoms with Crippen molar-refractivity contribution in [2.75, 3.05) is 6.61 Å². The molecule has 26 heavy (non-hydrogen) atoms. The van der Waals surface area contributed by atoms with Gasteiger partial charge in [0.1, 0.15) is 23.2 Å². The van der Waals surface area contributed by atoms with Crippen molar-refractivity contribution >= 4 is 52.7 Å². The number of halogens is 2. The van der Waals surface area contributed by atoms with E-state index in [1.165, 1.54) is 22.7 Å². The maximum atomic E-state index is 12.3. The molecule has 7 nitrogen and oxygen atoms in total. The van der Waals surface area contributed by atoms with Crippen LogP contribution in [0.4, 0.5) is 0 Å². The SMILES string of the molecule is CC1(C)S[C@@H]2[C@H](NC(=O)COc3ccc(Cl)c(Cl)c3)C(=O)N2[C@H]1C(=O)O. The summed E-state index contributed by atoms with van der Waals surface area (Å²) in [4.78, 5) is 37.2. The molecule has 2 saturated heterocycles. The van der Waals surface area contributed by atoms with Crippen LogP contribution in [0.25, 0.3) is 0 Å². The summed E-state index contributed by atoms with van der Waals surface area (Å²) in [5.74, 6) is -1.56. The molecule has 2 amide bonds. The Morgan fingerprint density at radius 1 is 1.35 bits per heavy atom. The fourth-order valence-electron chi connectivity index (χ4n) is 3.08. The summed E-state index contributed by atoms with van der Waals surface area (Å²) in [6.45, 7) is 3.24. The van der Waals surface area contributed by atoms with E-state index in [-0.39, 0.29) is 6.61 Å². The molecule has 1 aromatic carbocycles. The van der Waals surface area contributed by atoms with Gasteiger partial charge in [0.25, 0.3) is 5.91 Å². The lowest BCUT2D eigenvalue weighted by atomic mass is 9.96. The van der Waals surface area contributed by atoms with E-state index >= 15 is 0 Å². The van der Waals surface area contributed by atoms with Crippen molar-refractivity contribution in [3.63, 3.8) is 0 Å². The monoisotopic (exact) mass is 418 g/mol. The van der Waals surface area contributed by atoms with Crippen molar-refractivity contribution in [2.45, 2.75) is 36.1 Å². The van der Waals surface area contributed by atoms with Crippen LogP contribution in [0.5, 0.6) is 5.75 Å². The molecule has 2 fully saturated rings. The molecule has 0 aromatic heterocycles. The highest BCUT2D eigenvalue weighted by atomic mass is 35.5. The Morgan fingerprint density at radius 3 is 2.65 bits per heavy atom. The van der Waals surface area contributed by atoms with Gasteiger partial charge in [0.2, 0.25) is 5.91 Å². The van der Waals surface area contributed by atoms with Gasteiger partial charge < -0.3 is 20.1 Å². The first-order valence-electron chi connectivity index (χ1n) is 7.72. The summed E-state index contributed by atoms with van der Waals surface area (Å²) in [6.07, 6.45) is 0. The van der Waals surface area contributed by atoms with Gasteiger partial charge in [-0.05, 0) is 26.0 Å². The van der Waals surface area contributed by atoms with Gasteiger partial charge in [0.05, 0.1) is 10.0 Å². The highest BCUT2D eigenvalue weighted by Gasteiger charge is 2.64. The zero-order chi connectivity index (χ0) is 19.2. The summed E-state index contributed by atoms with van der Waals surface area (Å²) >= 11 is 13.1. The molecule has 2 heterocycles. The number of aliphatic carboxylic acids is 1. The molecule has 0 saturated carbocycles. The molecule has 3 rings (SSSR count). The van der Waals surface area contributed by atoms with Crippen molar-refractivity contribution < 1.29 is 24.2 Å². The first kappa shape index (κ1) is 19.1. The Morgan fingerprint density at radius 2 is 2.04 bits per heavy atom. The number of hydrogen-bond acceptors (Lipinski definition) is 5. The van der Waals surface area contributed by atoms with Crippen LogP contribution in [0.1, 0.15) is 13.8 Å². The number of nitrogens with zero attached hydrogens (tertiary/aromatic N) is 1. The molecule has 0 spiro atoms. The molecule has 0 unspecified atom stereocenters. The minimum Gasteiger partial charge on any atom is -0.484 e. The number of carbonyl (C=O) groups excluding carboxylic acids is 2. The molecule has 10 heteroatoms. The smallest absolute Gasteiger partial charge is 0.327 e. The third kappa shape index (κ3) is 3.33. The number of carboxylic acid groups (broad SMARTS) is 1. The van der Waals surface area contributed by atoms with E-state index in [4.69, 9.17) is 27.9 Å². The van der Waals surface area contributed by atoms with Crippen LogP contribution in [0.2, 0.25) is 10.0 Å². The first-order valence-corrected chi connectivity index (χ1v) is 9.35. The van der Waals surface area contributed by atoms with Crippen molar-refractivity contribution in [2.24, 2.45) is 0 Å². The van der Waals surface area contributed by atoms with Gasteiger partial charge in [-0.1, -0.05) is 23.2 Å². The molecule has 1 aromatic rings. The molecule has 140 valence electrons. The number of rotatable bonds is 5. The van der Waals surface area contributed by atoms with Gasteiger partial charge in [-0.2, -0.15) is 0 Å². The average molecular weight is 419 g/mol. The molecule has 0 bridgehead atoms. The minimum atomic E-state index is -1.05. The number of hydrogen-bond donors (Lipinski definition) is 2. The van der Waals surface area contributed by atoms with Gasteiger partial charge in [0.15, 0.2) is 6.61 Å². The van der Waals surface area contributed by atoms with Gasteiger partial charge in [-0.3, -0.25) is 9.59 Å². The van der Waals surface area contributed by atoms with Crippen LogP contribution in [0.15, 0.2) is 18.2 Å². The fraction of sp³-hybridized carbons (Fsp3) is 0.438. The van der Waals surface area contributed by atoms with Crippen molar-refractivity contribution in [1.82, 2.24) is 10.2 Å². The van der Waals surface area contributed by atoms with E-state index in [2.05, 4.69) is 5.32 Å². The second kappa shape index (κ2) is 6.83. The van der Waals surface area contributed by atoms with E-state index in [0.29, 0.717) is 15.8 Å². The zero-order valence-electron chi connectivity index (χ0n) is 13.9. The first-order chi connectivity index (χ1) is 12.1. The predicted molar refractivity (Wildman–Crippen MR) is 97.6 cm³/mol. The Balaban J connectivity index is 1.58. The molecule has 2 aliphatic rings. The molecular weight excluding hydrogens is 403 g/mol. The van der Waals surface area contributed by atoms with Crippen LogP contribution in [0.3, 0.4) is 0 Å². The van der Waals surface area contributed by atoms with Crippen LogP contribution in [-0.2, 0) is 14.4 Å². The van der Waals surface area contributed by atoms with Crippen LogP contribution in [-0.4, -0.2) is 56.6 Å². The summed E-state index contributed by atoms with van der Waals surface area (Å²) in [7, 11) is 0. The highest BCUT2D eigenvalue weighted by Crippen LogP contribution is 2.50. The van der Waals surface area contributed by atoms with Gasteiger partial charge in [0, 0.05) is 10.8 Å². The Hall–Kier alpha value is -1.64. The van der Waals surface area contributed by atoms with Crippen LogP contribution >= 0.6 is 35.0 Å². The largest absolute Gasteiger partial charge is 0.484 e. The normalized spacial score (nSPS) is 26.1. The number of carbonyl (C=O) groups is 3. The van der Waals surface area contributed by atoms with Crippen molar-refractivity contribution in [3.8, 4) is 5.75 Å². The summed E-state index contributed by atoms with van der Waals surface area (Å²) < 4.78 is 4.70. The third-order valence-electron chi connectivity index (χ3n) is 4.25. The van der Waals surface area contributed by atoms with Crippen LogP contribution in [0, 0.1) is 0 Å². The number of amides is 2. The van der Waals surface area contributed by atoms with Gasteiger partial charge >= 0.3 is 5.97 Å². The topological polar surface area (TPSA) is 95.9 Å². The summed E-state index contributed by atoms with van der Waals surface area (Å²) in [5, 5.41) is 12.3. The van der Waals surface area contributed by atoms with Gasteiger partial charge in [-0.25, -0.2) is 4.79 Å². The number of carboxylic acids is 1. The van der Waals surface area contributed by atoms with E-state index in [1.807, 2.05) is 0 Å². The lowest BCUT2D eigenvalue weighted by Crippen LogP contribution is -2.70. The van der Waals surface area contributed by atoms with E-state index in [9.17, 15) is 19.5 Å². The predicted octanol–water partition coefficient (Wildman–Crippen LogP) is 2.00. The maximum absolute atomic E-state index is 12.3. The standard InChI is InChI=1S/C16H16Cl2N2O5S/c1-16(2)12(15(23)24)20-13(22)11(14(20)26-16)19-10(21)6-25-7-3-4-8(17)9(18)5-7/h3-5,11-12,14H,6H2,1-2H3,(H,19,21)(H,23,24)/t11-,12+,14-/m1/s1. The van der Waals surface area contributed by atoms with Crippen molar-refractivity contribution in [1.29, 1.82) is 0 Å². The molecule has 2 aliphatic heterocycles. The molecule has 3 atom stereocenters. The second-order valence-electron chi connectivity index (χ2n) is 6.51. The number of nitrogens with one attached hydrogen (secondary N) is 1. The number of β-lactam (4-membered cyclic amide) rings is 1. The minimum absolute atomic E-state index is 0.301. The second-order valence-corrected chi connectivity index (χ2v) is 9.09. The molecular formula is C16H16Cl2N2O5S. The van der Waals surface area contributed by atoms with Gasteiger partial charge in [-0.15, -0.1) is 11.8 Å². The molecule has 0 aliphatic carbocycles. The van der Waals surface area contributed by atoms with Crippen molar-refractivity contribution in [3.05, 3.63) is 28.2 Å². The average Bonchev–Trinajstić information content (AvgIpc) is 2.82. The fourth-order valence-corrected chi connectivity index (χ4v) is 4.99.